The molecule has 0 bridgehead atoms. The number of benzene rings is 2. The van der Waals surface area contributed by atoms with Crippen molar-refractivity contribution in [2.45, 2.75) is 37.1 Å². The minimum atomic E-state index is 0.158. The molecule has 0 unspecified atom stereocenters. The Morgan fingerprint density at radius 2 is 1.76 bits per heavy atom. The highest BCUT2D eigenvalue weighted by Crippen LogP contribution is 2.22. The van der Waals surface area contributed by atoms with Crippen LogP contribution in [0.1, 0.15) is 37.5 Å². The molecule has 2 aromatic carbocycles. The number of hydrogen-bond acceptors (Lipinski definition) is 4. The van der Waals surface area contributed by atoms with Gasteiger partial charge < -0.3 is 0 Å². The van der Waals surface area contributed by atoms with Gasteiger partial charge in [-0.25, -0.2) is 0 Å². The van der Waals surface area contributed by atoms with Crippen molar-refractivity contribution >= 4 is 18.0 Å². The van der Waals surface area contributed by atoms with Crippen LogP contribution in [0.5, 0.6) is 0 Å². The Bertz CT molecular complexity index is 830. The van der Waals surface area contributed by atoms with Gasteiger partial charge in [0, 0.05) is 5.75 Å². The van der Waals surface area contributed by atoms with Crippen molar-refractivity contribution in [1.29, 1.82) is 0 Å². The summed E-state index contributed by atoms with van der Waals surface area (Å²) in [5.74, 6) is 0.843. The lowest BCUT2D eigenvalue weighted by atomic mass is 9.87. The maximum Gasteiger partial charge on any atom is 0.212 e. The van der Waals surface area contributed by atoms with Crippen molar-refractivity contribution < 1.29 is 0 Å². The van der Waals surface area contributed by atoms with E-state index in [1.165, 1.54) is 11.1 Å². The summed E-state index contributed by atoms with van der Waals surface area (Å²) in [6.07, 6.45) is 3.47. The quantitative estimate of drug-likeness (QED) is 0.492. The van der Waals surface area contributed by atoms with Crippen molar-refractivity contribution in [3.8, 4) is 0 Å². The maximum atomic E-state index is 4.49. The van der Waals surface area contributed by atoms with E-state index in [2.05, 4.69) is 72.5 Å². The second-order valence-electron chi connectivity index (χ2n) is 6.85. The van der Waals surface area contributed by atoms with Gasteiger partial charge in [0.15, 0.2) is 0 Å². The third-order valence-corrected chi connectivity index (χ3v) is 4.82. The molecule has 3 aromatic rings. The zero-order valence-corrected chi connectivity index (χ0v) is 15.6. The van der Waals surface area contributed by atoms with E-state index in [1.54, 1.807) is 22.8 Å². The van der Waals surface area contributed by atoms with Gasteiger partial charge >= 0.3 is 0 Å². The SMILES string of the molecule is CC(C)(C)c1ccc(/C=N/n2cnnc2SCc2ccccc2)cc1. The smallest absolute Gasteiger partial charge is 0.195 e. The highest BCUT2D eigenvalue weighted by atomic mass is 32.2. The second-order valence-corrected chi connectivity index (χ2v) is 7.79. The molecule has 0 spiro atoms. The molecule has 0 aliphatic carbocycles. The predicted octanol–water partition coefficient (Wildman–Crippen LogP) is 4.75. The summed E-state index contributed by atoms with van der Waals surface area (Å²) in [5, 5.41) is 13.4. The van der Waals surface area contributed by atoms with Crippen LogP contribution in [0, 0.1) is 0 Å². The maximum absolute atomic E-state index is 4.49. The van der Waals surface area contributed by atoms with Crippen molar-refractivity contribution in [1.82, 2.24) is 14.9 Å². The Balaban J connectivity index is 1.67. The van der Waals surface area contributed by atoms with Crippen LogP contribution < -0.4 is 0 Å². The summed E-state index contributed by atoms with van der Waals surface area (Å²) >= 11 is 1.62. The number of thioether (sulfide) groups is 1. The average Bonchev–Trinajstić information content (AvgIpc) is 3.06. The van der Waals surface area contributed by atoms with Crippen LogP contribution in [0.15, 0.2) is 71.2 Å². The highest BCUT2D eigenvalue weighted by molar-refractivity contribution is 7.98. The lowest BCUT2D eigenvalue weighted by Crippen LogP contribution is -2.10. The fraction of sp³-hybridized carbons (Fsp3) is 0.250. The molecule has 0 amide bonds. The summed E-state index contributed by atoms with van der Waals surface area (Å²) in [4.78, 5) is 0. The summed E-state index contributed by atoms with van der Waals surface area (Å²) < 4.78 is 1.71. The minimum absolute atomic E-state index is 0.158. The number of nitrogens with zero attached hydrogens (tertiary/aromatic N) is 4. The lowest BCUT2D eigenvalue weighted by molar-refractivity contribution is 0.590. The molecular formula is C20H22N4S. The van der Waals surface area contributed by atoms with Crippen molar-refractivity contribution in [3.63, 3.8) is 0 Å². The molecule has 0 N–H and O–H groups in total. The summed E-state index contributed by atoms with van der Waals surface area (Å²) in [6.45, 7) is 6.64. The van der Waals surface area contributed by atoms with E-state index in [0.29, 0.717) is 0 Å². The predicted molar refractivity (Wildman–Crippen MR) is 104 cm³/mol. The molecule has 5 heteroatoms. The van der Waals surface area contributed by atoms with E-state index < -0.39 is 0 Å². The van der Waals surface area contributed by atoms with Gasteiger partial charge in [-0.05, 0) is 22.1 Å². The van der Waals surface area contributed by atoms with E-state index in [1.807, 2.05) is 24.4 Å². The van der Waals surface area contributed by atoms with Gasteiger partial charge in [-0.1, -0.05) is 87.1 Å². The molecule has 0 saturated heterocycles. The zero-order valence-electron chi connectivity index (χ0n) is 14.8. The zero-order chi connectivity index (χ0) is 17.7. The fourth-order valence-corrected chi connectivity index (χ4v) is 3.13. The Labute approximate surface area is 153 Å². The monoisotopic (exact) mass is 350 g/mol. The number of hydrogen-bond donors (Lipinski definition) is 0. The van der Waals surface area contributed by atoms with E-state index in [0.717, 1.165) is 16.5 Å². The highest BCUT2D eigenvalue weighted by Gasteiger charge is 2.12. The number of rotatable bonds is 5. The van der Waals surface area contributed by atoms with Crippen molar-refractivity contribution in [2.24, 2.45) is 5.10 Å². The molecule has 0 fully saturated rings. The van der Waals surface area contributed by atoms with Gasteiger partial charge in [-0.3, -0.25) is 0 Å². The van der Waals surface area contributed by atoms with Crippen LogP contribution in [0.2, 0.25) is 0 Å². The van der Waals surface area contributed by atoms with Crippen LogP contribution in [0.25, 0.3) is 0 Å². The normalized spacial score (nSPS) is 12.0. The molecule has 4 nitrogen and oxygen atoms in total. The first kappa shape index (κ1) is 17.4. The first-order valence-electron chi connectivity index (χ1n) is 8.24. The Morgan fingerprint density at radius 1 is 1.04 bits per heavy atom. The van der Waals surface area contributed by atoms with Crippen LogP contribution in [-0.2, 0) is 11.2 Å². The van der Waals surface area contributed by atoms with Gasteiger partial charge in [0.05, 0.1) is 6.21 Å². The Morgan fingerprint density at radius 3 is 2.44 bits per heavy atom. The topological polar surface area (TPSA) is 43.1 Å². The van der Waals surface area contributed by atoms with Gasteiger partial charge in [-0.15, -0.1) is 10.2 Å². The first-order chi connectivity index (χ1) is 12.0. The number of aromatic nitrogens is 3. The van der Waals surface area contributed by atoms with Crippen molar-refractivity contribution in [3.05, 3.63) is 77.6 Å². The standard InChI is InChI=1S/C20H22N4S/c1-20(2,3)18-11-9-16(10-12-18)13-22-24-15-21-23-19(24)25-14-17-7-5-4-6-8-17/h4-13,15H,14H2,1-3H3/b22-13+. The molecule has 1 aromatic heterocycles. The van der Waals surface area contributed by atoms with Gasteiger partial charge in [0.2, 0.25) is 5.16 Å². The summed E-state index contributed by atoms with van der Waals surface area (Å²) in [6, 6.07) is 18.8. The van der Waals surface area contributed by atoms with Crippen molar-refractivity contribution in [2.75, 3.05) is 0 Å². The molecule has 128 valence electrons. The molecule has 3 rings (SSSR count). The van der Waals surface area contributed by atoms with Crippen LogP contribution >= 0.6 is 11.8 Å². The van der Waals surface area contributed by atoms with E-state index in [-0.39, 0.29) is 5.41 Å². The van der Waals surface area contributed by atoms with Crippen LogP contribution in [0.3, 0.4) is 0 Å². The van der Waals surface area contributed by atoms with E-state index in [9.17, 15) is 0 Å². The van der Waals surface area contributed by atoms with E-state index >= 15 is 0 Å². The second kappa shape index (κ2) is 7.66. The van der Waals surface area contributed by atoms with Gasteiger partial charge in [-0.2, -0.15) is 9.78 Å². The Kier molecular flexibility index (Phi) is 5.34. The first-order valence-corrected chi connectivity index (χ1v) is 9.22. The van der Waals surface area contributed by atoms with Crippen LogP contribution in [-0.4, -0.2) is 21.1 Å². The largest absolute Gasteiger partial charge is 0.212 e. The fourth-order valence-electron chi connectivity index (χ4n) is 2.31. The molecule has 0 saturated carbocycles. The summed E-state index contributed by atoms with van der Waals surface area (Å²) in [5.41, 5.74) is 3.78. The third kappa shape index (κ3) is 4.79. The molecular weight excluding hydrogens is 328 g/mol. The lowest BCUT2D eigenvalue weighted by Gasteiger charge is -2.18. The molecule has 0 aliphatic rings. The average molecular weight is 350 g/mol. The molecule has 0 aliphatic heterocycles. The van der Waals surface area contributed by atoms with Gasteiger partial charge in [0.1, 0.15) is 6.33 Å². The van der Waals surface area contributed by atoms with Gasteiger partial charge in [0.25, 0.3) is 0 Å². The van der Waals surface area contributed by atoms with E-state index in [4.69, 9.17) is 0 Å². The molecule has 0 radical (unpaired) electrons. The van der Waals surface area contributed by atoms with Crippen LogP contribution in [0.4, 0.5) is 0 Å². The summed E-state index contributed by atoms with van der Waals surface area (Å²) in [7, 11) is 0. The molecule has 1 heterocycles. The Hall–Kier alpha value is -2.40. The molecule has 25 heavy (non-hydrogen) atoms. The minimum Gasteiger partial charge on any atom is -0.195 e. The third-order valence-electron chi connectivity index (χ3n) is 3.82. The molecule has 0 atom stereocenters.